The predicted octanol–water partition coefficient (Wildman–Crippen LogP) is 3.15. The average molecular weight is 382 g/mol. The largest absolute Gasteiger partial charge is 0.487 e. The second-order valence-electron chi connectivity index (χ2n) is 7.17. The van der Waals surface area contributed by atoms with E-state index < -0.39 is 5.97 Å². The summed E-state index contributed by atoms with van der Waals surface area (Å²) in [6.45, 7) is 2.67. The van der Waals surface area contributed by atoms with Crippen molar-refractivity contribution in [2.75, 3.05) is 18.1 Å². The molecular weight excluding hydrogens is 363 g/mol. The Morgan fingerprint density at radius 1 is 1.29 bits per heavy atom. The summed E-state index contributed by atoms with van der Waals surface area (Å²) in [6, 6.07) is 6.35. The lowest BCUT2D eigenvalue weighted by Gasteiger charge is -2.28. The number of cyclic esters (lactones) is 1. The molecule has 0 N–H and O–H groups in total. The number of nitrogens with zero attached hydrogens (tertiary/aromatic N) is 4. The van der Waals surface area contributed by atoms with Crippen LogP contribution < -0.4 is 9.64 Å². The van der Waals surface area contributed by atoms with Gasteiger partial charge in [0.05, 0.1) is 12.2 Å². The highest BCUT2D eigenvalue weighted by atomic mass is 19.1. The molecule has 0 aliphatic carbocycles. The van der Waals surface area contributed by atoms with Crippen molar-refractivity contribution >= 4 is 17.4 Å². The third-order valence-electron chi connectivity index (χ3n) is 5.23. The molecule has 1 aromatic carbocycles. The number of aromatic nitrogens is 3. The Morgan fingerprint density at radius 2 is 2.18 bits per heavy atom. The van der Waals surface area contributed by atoms with Gasteiger partial charge in [-0.1, -0.05) is 0 Å². The van der Waals surface area contributed by atoms with E-state index in [1.807, 2.05) is 13.0 Å². The van der Waals surface area contributed by atoms with E-state index in [9.17, 15) is 9.18 Å². The summed E-state index contributed by atoms with van der Waals surface area (Å²) in [4.78, 5) is 19.3. The highest BCUT2D eigenvalue weighted by molar-refractivity contribution is 5.95. The summed E-state index contributed by atoms with van der Waals surface area (Å²) in [6.07, 6.45) is 4.67. The number of fused-ring (bicyclic) bond motifs is 5. The standard InChI is InChI=1S/C20H19FN4O3/c1-12-11-27-20(26)15-10-22-25-8-6-18(23-19(15)25)24-7-2-3-16(24)14-9-13(21)4-5-17(14)28-12/h4-6,8-10,12,16H,2-3,7,11H2,1H3/t12-,16?/m0/s1. The highest BCUT2D eigenvalue weighted by Crippen LogP contribution is 2.40. The van der Waals surface area contributed by atoms with E-state index in [1.165, 1.54) is 18.3 Å². The van der Waals surface area contributed by atoms with Gasteiger partial charge in [-0.25, -0.2) is 18.7 Å². The molecule has 5 rings (SSSR count). The van der Waals surface area contributed by atoms with E-state index in [-0.39, 0.29) is 24.6 Å². The van der Waals surface area contributed by atoms with Gasteiger partial charge < -0.3 is 14.4 Å². The van der Waals surface area contributed by atoms with E-state index in [1.54, 1.807) is 16.8 Å². The molecule has 0 amide bonds. The molecule has 7 nitrogen and oxygen atoms in total. The van der Waals surface area contributed by atoms with Crippen LogP contribution in [0, 0.1) is 5.82 Å². The Morgan fingerprint density at radius 3 is 3.07 bits per heavy atom. The SMILES string of the molecule is C[C@H]1COC(=O)c2cnn3ccc(nc23)N2CCCC2c2cc(F)ccc2O1. The molecule has 0 saturated carbocycles. The van der Waals surface area contributed by atoms with Crippen molar-refractivity contribution in [2.24, 2.45) is 0 Å². The molecule has 2 atom stereocenters. The third-order valence-corrected chi connectivity index (χ3v) is 5.23. The number of halogens is 1. The van der Waals surface area contributed by atoms with Crippen molar-refractivity contribution in [1.29, 1.82) is 0 Å². The van der Waals surface area contributed by atoms with Gasteiger partial charge in [-0.3, -0.25) is 0 Å². The third kappa shape index (κ3) is 2.76. The van der Waals surface area contributed by atoms with Gasteiger partial charge in [0.25, 0.3) is 0 Å². The molecular formula is C20H19FN4O3. The molecule has 2 bridgehead atoms. The van der Waals surface area contributed by atoms with E-state index in [0.717, 1.165) is 24.9 Å². The number of rotatable bonds is 0. The maximum Gasteiger partial charge on any atom is 0.343 e. The molecule has 2 aromatic heterocycles. The van der Waals surface area contributed by atoms with Crippen molar-refractivity contribution < 1.29 is 18.7 Å². The van der Waals surface area contributed by atoms with Crippen LogP contribution in [0.15, 0.2) is 36.7 Å². The molecule has 2 aliphatic rings. The topological polar surface area (TPSA) is 69.0 Å². The molecule has 8 heteroatoms. The van der Waals surface area contributed by atoms with E-state index in [4.69, 9.17) is 9.47 Å². The fourth-order valence-corrected chi connectivity index (χ4v) is 3.94. The van der Waals surface area contributed by atoms with E-state index in [0.29, 0.717) is 22.8 Å². The smallest absolute Gasteiger partial charge is 0.343 e. The zero-order chi connectivity index (χ0) is 19.3. The minimum absolute atomic E-state index is 0.0587. The average Bonchev–Trinajstić information content (AvgIpc) is 3.33. The summed E-state index contributed by atoms with van der Waals surface area (Å²) < 4.78 is 27.0. The van der Waals surface area contributed by atoms with Crippen molar-refractivity contribution in [3.63, 3.8) is 0 Å². The number of ether oxygens (including phenoxy) is 2. The molecule has 3 aromatic rings. The number of carbonyl (C=O) groups is 1. The van der Waals surface area contributed by atoms with Gasteiger partial charge in [0.1, 0.15) is 35.7 Å². The summed E-state index contributed by atoms with van der Waals surface area (Å²) in [5, 5.41) is 4.19. The highest BCUT2D eigenvalue weighted by Gasteiger charge is 2.31. The fourth-order valence-electron chi connectivity index (χ4n) is 3.94. The monoisotopic (exact) mass is 382 g/mol. The van der Waals surface area contributed by atoms with Crippen LogP contribution in [0.5, 0.6) is 5.75 Å². The molecule has 1 saturated heterocycles. The van der Waals surface area contributed by atoms with Gasteiger partial charge in [0.15, 0.2) is 5.65 Å². The van der Waals surface area contributed by atoms with Gasteiger partial charge in [0, 0.05) is 18.3 Å². The number of hydrogen-bond donors (Lipinski definition) is 0. The summed E-state index contributed by atoms with van der Waals surface area (Å²) in [5.74, 6) is 0.517. The van der Waals surface area contributed by atoms with Crippen molar-refractivity contribution in [2.45, 2.75) is 31.9 Å². The zero-order valence-electron chi connectivity index (χ0n) is 15.3. The van der Waals surface area contributed by atoms with Crippen molar-refractivity contribution in [1.82, 2.24) is 14.6 Å². The quantitative estimate of drug-likeness (QED) is 0.557. The van der Waals surface area contributed by atoms with Crippen LogP contribution >= 0.6 is 0 Å². The first-order chi connectivity index (χ1) is 13.6. The van der Waals surface area contributed by atoms with Crippen LogP contribution in [0.4, 0.5) is 10.2 Å². The summed E-state index contributed by atoms with van der Waals surface area (Å²) in [7, 11) is 0. The molecule has 144 valence electrons. The zero-order valence-corrected chi connectivity index (χ0v) is 15.3. The second kappa shape index (κ2) is 6.47. The first-order valence-electron chi connectivity index (χ1n) is 9.34. The lowest BCUT2D eigenvalue weighted by molar-refractivity contribution is 0.0341. The normalized spacial score (nSPS) is 21.9. The minimum Gasteiger partial charge on any atom is -0.487 e. The molecule has 1 unspecified atom stereocenters. The molecule has 0 radical (unpaired) electrons. The second-order valence-corrected chi connectivity index (χ2v) is 7.17. The van der Waals surface area contributed by atoms with Crippen LogP contribution in [0.3, 0.4) is 0 Å². The van der Waals surface area contributed by atoms with Gasteiger partial charge in [-0.05, 0) is 44.0 Å². The number of anilines is 1. The van der Waals surface area contributed by atoms with Crippen molar-refractivity contribution in [3.8, 4) is 5.75 Å². The lowest BCUT2D eigenvalue weighted by Crippen LogP contribution is -2.25. The maximum atomic E-state index is 14.1. The Labute approximate surface area is 160 Å². The summed E-state index contributed by atoms with van der Waals surface area (Å²) in [5.41, 5.74) is 1.54. The first-order valence-corrected chi connectivity index (χ1v) is 9.34. The Bertz CT molecular complexity index is 1070. The number of hydrogen-bond acceptors (Lipinski definition) is 6. The molecule has 0 spiro atoms. The van der Waals surface area contributed by atoms with Gasteiger partial charge in [-0.15, -0.1) is 0 Å². The summed E-state index contributed by atoms with van der Waals surface area (Å²) >= 11 is 0. The predicted molar refractivity (Wildman–Crippen MR) is 99.1 cm³/mol. The molecule has 28 heavy (non-hydrogen) atoms. The van der Waals surface area contributed by atoms with Crippen LogP contribution in [0.2, 0.25) is 0 Å². The van der Waals surface area contributed by atoms with Crippen LogP contribution in [0.1, 0.15) is 41.7 Å². The van der Waals surface area contributed by atoms with Gasteiger partial charge in [-0.2, -0.15) is 5.10 Å². The van der Waals surface area contributed by atoms with E-state index >= 15 is 0 Å². The van der Waals surface area contributed by atoms with Gasteiger partial charge >= 0.3 is 5.97 Å². The molecule has 2 aliphatic heterocycles. The number of carbonyl (C=O) groups excluding carboxylic acids is 1. The van der Waals surface area contributed by atoms with Crippen molar-refractivity contribution in [3.05, 3.63) is 53.6 Å². The Kier molecular flexibility index (Phi) is 3.92. The fraction of sp³-hybridized carbons (Fsp3) is 0.350. The molecule has 1 fully saturated rings. The number of benzene rings is 1. The minimum atomic E-state index is -0.494. The first kappa shape index (κ1) is 17.0. The maximum absolute atomic E-state index is 14.1. The Hall–Kier alpha value is -3.16. The lowest BCUT2D eigenvalue weighted by atomic mass is 10.0. The van der Waals surface area contributed by atoms with Crippen LogP contribution in [-0.2, 0) is 4.74 Å². The van der Waals surface area contributed by atoms with Crippen LogP contribution in [0.25, 0.3) is 5.65 Å². The Balaban J connectivity index is 1.69. The van der Waals surface area contributed by atoms with Gasteiger partial charge in [0.2, 0.25) is 0 Å². The van der Waals surface area contributed by atoms with Crippen LogP contribution in [-0.4, -0.2) is 39.8 Å². The molecule has 4 heterocycles. The van der Waals surface area contributed by atoms with E-state index in [2.05, 4.69) is 15.0 Å². The number of esters is 1.